The molecule has 2 heterocycles. The molecule has 1 saturated carbocycles. The Morgan fingerprint density at radius 1 is 1.44 bits per heavy atom. The zero-order valence-electron chi connectivity index (χ0n) is 10.7. The second kappa shape index (κ2) is 3.91. The monoisotopic (exact) mass is 248 g/mol. The van der Waals surface area contributed by atoms with Gasteiger partial charge in [-0.05, 0) is 37.3 Å². The van der Waals surface area contributed by atoms with Crippen molar-refractivity contribution in [1.82, 2.24) is 10.2 Å². The molecule has 2 aliphatic carbocycles. The third-order valence-electron chi connectivity index (χ3n) is 5.35. The summed E-state index contributed by atoms with van der Waals surface area (Å²) < 4.78 is 13.2. The largest absolute Gasteiger partial charge is 0.316 e. The van der Waals surface area contributed by atoms with Crippen LogP contribution in [-0.2, 0) is 0 Å². The van der Waals surface area contributed by atoms with Crippen molar-refractivity contribution in [2.75, 3.05) is 26.2 Å². The smallest absolute Gasteiger partial charge is 0.114 e. The Labute approximate surface area is 108 Å². The molecule has 0 aromatic heterocycles. The summed E-state index contributed by atoms with van der Waals surface area (Å²) in [6.45, 7) is 3.92. The van der Waals surface area contributed by atoms with E-state index >= 15 is 0 Å². The predicted molar refractivity (Wildman–Crippen MR) is 70.1 cm³/mol. The Morgan fingerprint density at radius 2 is 2.39 bits per heavy atom. The van der Waals surface area contributed by atoms with E-state index in [1.807, 2.05) is 0 Å². The Morgan fingerprint density at radius 3 is 2.94 bits per heavy atom. The lowest BCUT2D eigenvalue weighted by Gasteiger charge is -2.27. The summed E-state index contributed by atoms with van der Waals surface area (Å²) in [5, 5.41) is 3.50. The number of piperidine rings is 1. The van der Waals surface area contributed by atoms with Crippen LogP contribution in [0.5, 0.6) is 0 Å². The zero-order valence-corrected chi connectivity index (χ0v) is 10.7. The normalized spacial score (nSPS) is 47.2. The summed E-state index contributed by atoms with van der Waals surface area (Å²) in [4.78, 5) is 2.30. The van der Waals surface area contributed by atoms with Gasteiger partial charge < -0.3 is 5.32 Å². The van der Waals surface area contributed by atoms with Crippen molar-refractivity contribution in [3.63, 3.8) is 0 Å². The lowest BCUT2D eigenvalue weighted by Crippen LogP contribution is -2.33. The molecule has 2 aliphatic heterocycles. The predicted octanol–water partition coefficient (Wildman–Crippen LogP) is 1.89. The highest BCUT2D eigenvalue weighted by Gasteiger charge is 2.58. The van der Waals surface area contributed by atoms with E-state index in [0.29, 0.717) is 18.0 Å². The van der Waals surface area contributed by atoms with Crippen LogP contribution in [-0.4, -0.2) is 43.3 Å². The Balaban J connectivity index is 1.44. The van der Waals surface area contributed by atoms with Crippen molar-refractivity contribution in [3.8, 4) is 0 Å². The van der Waals surface area contributed by atoms with Crippen LogP contribution in [0.1, 0.15) is 19.3 Å². The van der Waals surface area contributed by atoms with E-state index in [4.69, 9.17) is 0 Å². The van der Waals surface area contributed by atoms with Gasteiger partial charge in [-0.25, -0.2) is 4.39 Å². The minimum absolute atomic E-state index is 0.442. The maximum Gasteiger partial charge on any atom is 0.114 e. The molecule has 18 heavy (non-hydrogen) atoms. The van der Waals surface area contributed by atoms with Gasteiger partial charge in [0.2, 0.25) is 0 Å². The standard InChI is InChI=1S/C15H21FN2/c16-13-5-6-18(9-13)14-3-1-11(2-4-14)15-7-12(15)8-17-10-15/h1-3,12-14,17H,4-10H2/t12-,13?,14?,15+/m0/s1. The number of hydrogen-bond acceptors (Lipinski definition) is 2. The molecule has 0 aromatic rings. The number of halogens is 1. The van der Waals surface area contributed by atoms with Gasteiger partial charge in [-0.2, -0.15) is 0 Å². The maximum atomic E-state index is 13.2. The van der Waals surface area contributed by atoms with Gasteiger partial charge in [0.25, 0.3) is 0 Å². The molecule has 4 atom stereocenters. The maximum absolute atomic E-state index is 13.2. The van der Waals surface area contributed by atoms with Crippen LogP contribution in [0.4, 0.5) is 4.39 Å². The fourth-order valence-corrected chi connectivity index (χ4v) is 4.08. The summed E-state index contributed by atoms with van der Waals surface area (Å²) in [5.74, 6) is 0.881. The number of likely N-dealkylation sites (tertiary alicyclic amines) is 1. The first-order chi connectivity index (χ1) is 8.78. The van der Waals surface area contributed by atoms with Crippen LogP contribution < -0.4 is 5.32 Å². The van der Waals surface area contributed by atoms with Crippen molar-refractivity contribution in [3.05, 3.63) is 23.8 Å². The third kappa shape index (κ3) is 1.60. The first kappa shape index (κ1) is 11.2. The number of nitrogens with zero attached hydrogens (tertiary/aromatic N) is 1. The lowest BCUT2D eigenvalue weighted by atomic mass is 9.89. The molecule has 0 amide bonds. The molecule has 1 N–H and O–H groups in total. The SMILES string of the molecule is FC1CCN(C2C=CC([C@@]34CNC[C@@H]3C4)=CC2)C1. The molecule has 2 nitrogen and oxygen atoms in total. The number of allylic oxidation sites excluding steroid dienone is 1. The minimum atomic E-state index is -0.603. The van der Waals surface area contributed by atoms with Crippen molar-refractivity contribution in [2.45, 2.75) is 31.5 Å². The van der Waals surface area contributed by atoms with Gasteiger partial charge in [0.1, 0.15) is 6.17 Å². The van der Waals surface area contributed by atoms with Crippen molar-refractivity contribution >= 4 is 0 Å². The van der Waals surface area contributed by atoms with Gasteiger partial charge in [0.15, 0.2) is 0 Å². The third-order valence-corrected chi connectivity index (χ3v) is 5.35. The van der Waals surface area contributed by atoms with Crippen molar-refractivity contribution in [2.24, 2.45) is 11.3 Å². The van der Waals surface area contributed by atoms with Crippen molar-refractivity contribution < 1.29 is 4.39 Å². The minimum Gasteiger partial charge on any atom is -0.316 e. The first-order valence-corrected chi connectivity index (χ1v) is 7.26. The van der Waals surface area contributed by atoms with Gasteiger partial charge in [-0.15, -0.1) is 0 Å². The molecular weight excluding hydrogens is 227 g/mol. The Kier molecular flexibility index (Phi) is 2.43. The Hall–Kier alpha value is -0.670. The number of rotatable bonds is 2. The van der Waals surface area contributed by atoms with Crippen LogP contribution in [0.25, 0.3) is 0 Å². The molecule has 0 bridgehead atoms. The quantitative estimate of drug-likeness (QED) is 0.803. The molecule has 3 fully saturated rings. The summed E-state index contributed by atoms with van der Waals surface area (Å²) in [6, 6.07) is 0.442. The summed E-state index contributed by atoms with van der Waals surface area (Å²) in [5.41, 5.74) is 2.03. The average Bonchev–Trinajstić information content (AvgIpc) is 2.75. The van der Waals surface area contributed by atoms with Gasteiger partial charge in [-0.3, -0.25) is 4.90 Å². The molecule has 4 rings (SSSR count). The van der Waals surface area contributed by atoms with Gasteiger partial charge in [0.05, 0.1) is 0 Å². The highest BCUT2D eigenvalue weighted by atomic mass is 19.1. The van der Waals surface area contributed by atoms with E-state index in [1.54, 1.807) is 5.57 Å². The molecule has 2 saturated heterocycles. The van der Waals surface area contributed by atoms with Crippen LogP contribution in [0.2, 0.25) is 0 Å². The second-order valence-electron chi connectivity index (χ2n) is 6.39. The molecule has 0 spiro atoms. The van der Waals surface area contributed by atoms with Crippen LogP contribution in [0.3, 0.4) is 0 Å². The first-order valence-electron chi connectivity index (χ1n) is 7.26. The number of nitrogens with one attached hydrogen (secondary N) is 1. The highest BCUT2D eigenvalue weighted by molar-refractivity contribution is 5.39. The molecule has 0 aromatic carbocycles. The van der Waals surface area contributed by atoms with E-state index < -0.39 is 6.17 Å². The average molecular weight is 248 g/mol. The number of alkyl halides is 1. The van der Waals surface area contributed by atoms with E-state index in [2.05, 4.69) is 28.4 Å². The van der Waals surface area contributed by atoms with Crippen LogP contribution >= 0.6 is 0 Å². The van der Waals surface area contributed by atoms with E-state index in [9.17, 15) is 4.39 Å². The van der Waals surface area contributed by atoms with E-state index in [0.717, 1.165) is 31.8 Å². The highest BCUT2D eigenvalue weighted by Crippen LogP contribution is 2.60. The molecule has 2 unspecified atom stereocenters. The Bertz CT molecular complexity index is 417. The number of hydrogen-bond donors (Lipinski definition) is 1. The molecule has 3 heteroatoms. The zero-order chi connectivity index (χ0) is 12.2. The molecule has 0 radical (unpaired) electrons. The van der Waals surface area contributed by atoms with Crippen molar-refractivity contribution in [1.29, 1.82) is 0 Å². The fraction of sp³-hybridized carbons (Fsp3) is 0.733. The molecule has 98 valence electrons. The second-order valence-corrected chi connectivity index (χ2v) is 6.39. The summed E-state index contributed by atoms with van der Waals surface area (Å²) in [7, 11) is 0. The number of fused-ring (bicyclic) bond motifs is 1. The van der Waals surface area contributed by atoms with Gasteiger partial charge in [0, 0.05) is 31.1 Å². The lowest BCUT2D eigenvalue weighted by molar-refractivity contribution is 0.251. The molecule has 4 aliphatic rings. The van der Waals surface area contributed by atoms with Gasteiger partial charge >= 0.3 is 0 Å². The summed E-state index contributed by atoms with van der Waals surface area (Å²) in [6.07, 6.45) is 9.63. The van der Waals surface area contributed by atoms with E-state index in [1.165, 1.54) is 13.0 Å². The van der Waals surface area contributed by atoms with Crippen LogP contribution in [0, 0.1) is 11.3 Å². The van der Waals surface area contributed by atoms with Crippen LogP contribution in [0.15, 0.2) is 23.8 Å². The summed E-state index contributed by atoms with van der Waals surface area (Å²) >= 11 is 0. The van der Waals surface area contributed by atoms with Gasteiger partial charge in [-0.1, -0.05) is 18.2 Å². The molecular formula is C15H21FN2. The van der Waals surface area contributed by atoms with E-state index in [-0.39, 0.29) is 0 Å². The fourth-order valence-electron chi connectivity index (χ4n) is 4.08. The topological polar surface area (TPSA) is 15.3 Å².